The van der Waals surface area contributed by atoms with Crippen molar-refractivity contribution in [1.82, 2.24) is 34.4 Å². The molecule has 0 spiro atoms. The first-order chi connectivity index (χ1) is 14.6. The second kappa shape index (κ2) is 7.81. The first kappa shape index (κ1) is 19.2. The zero-order valence-corrected chi connectivity index (χ0v) is 17.8. The van der Waals surface area contributed by atoms with E-state index >= 15 is 0 Å². The first-order valence-electron chi connectivity index (χ1n) is 11.2. The number of nitrogens with zero attached hydrogens (tertiary/aromatic N) is 7. The molecule has 0 radical (unpaired) electrons. The summed E-state index contributed by atoms with van der Waals surface area (Å²) in [5.41, 5.74) is 1.45. The van der Waals surface area contributed by atoms with Gasteiger partial charge in [0.2, 0.25) is 0 Å². The van der Waals surface area contributed by atoms with Gasteiger partial charge in [-0.05, 0) is 45.6 Å². The number of hydrogen-bond donors (Lipinski definition) is 0. The molecule has 0 saturated carbocycles. The monoisotopic (exact) mass is 407 g/mol. The van der Waals surface area contributed by atoms with Gasteiger partial charge < -0.3 is 9.47 Å². The third kappa shape index (κ3) is 3.38. The van der Waals surface area contributed by atoms with E-state index in [-0.39, 0.29) is 17.9 Å². The van der Waals surface area contributed by atoms with Gasteiger partial charge in [-0.25, -0.2) is 9.67 Å². The maximum Gasteiger partial charge on any atom is 0.255 e. The maximum absolute atomic E-state index is 13.3. The number of carbonyl (C=O) groups is 1. The van der Waals surface area contributed by atoms with E-state index in [1.165, 1.54) is 19.3 Å². The van der Waals surface area contributed by atoms with Crippen molar-refractivity contribution in [3.63, 3.8) is 0 Å². The lowest BCUT2D eigenvalue weighted by atomic mass is 9.96. The van der Waals surface area contributed by atoms with E-state index in [2.05, 4.69) is 38.7 Å². The molecule has 8 nitrogen and oxygen atoms in total. The Morgan fingerprint density at radius 3 is 2.87 bits per heavy atom. The van der Waals surface area contributed by atoms with Crippen LogP contribution in [0.3, 0.4) is 0 Å². The maximum atomic E-state index is 13.3. The van der Waals surface area contributed by atoms with Crippen molar-refractivity contribution in [3.05, 3.63) is 35.7 Å². The minimum absolute atomic E-state index is 0.0435. The molecule has 5 heterocycles. The molecule has 0 N–H and O–H groups in total. The molecular formula is C22H29N7O. The van der Waals surface area contributed by atoms with Gasteiger partial charge in [-0.3, -0.25) is 4.79 Å². The summed E-state index contributed by atoms with van der Waals surface area (Å²) >= 11 is 0. The minimum atomic E-state index is 0.0435. The van der Waals surface area contributed by atoms with Gasteiger partial charge in [0.05, 0.1) is 11.8 Å². The zero-order valence-electron chi connectivity index (χ0n) is 17.8. The highest BCUT2D eigenvalue weighted by Gasteiger charge is 2.30. The number of likely N-dealkylation sites (tertiary alicyclic amines) is 1. The van der Waals surface area contributed by atoms with Crippen molar-refractivity contribution >= 4 is 16.9 Å². The van der Waals surface area contributed by atoms with Crippen molar-refractivity contribution in [1.29, 1.82) is 0 Å². The van der Waals surface area contributed by atoms with Crippen LogP contribution in [-0.2, 0) is 13.0 Å². The molecule has 0 bridgehead atoms. The molecule has 1 fully saturated rings. The number of piperidine rings is 1. The Kier molecular flexibility index (Phi) is 5.00. The van der Waals surface area contributed by atoms with Crippen molar-refractivity contribution in [2.24, 2.45) is 0 Å². The van der Waals surface area contributed by atoms with Gasteiger partial charge in [0.25, 0.3) is 5.91 Å². The SMILES string of the molecule is CC(C)n1ncc2cc(C(=O)N3CCCC(c4nnc5n4CCCCC5)C3)cnc21. The molecule has 1 saturated heterocycles. The van der Waals surface area contributed by atoms with Gasteiger partial charge in [0.1, 0.15) is 11.6 Å². The highest BCUT2D eigenvalue weighted by atomic mass is 16.2. The number of carbonyl (C=O) groups excluding carboxylic acids is 1. The van der Waals surface area contributed by atoms with E-state index in [1.54, 1.807) is 12.4 Å². The lowest BCUT2D eigenvalue weighted by Crippen LogP contribution is -2.39. The molecule has 5 rings (SSSR count). The Bertz CT molecular complexity index is 1070. The van der Waals surface area contributed by atoms with Crippen LogP contribution < -0.4 is 0 Å². The third-order valence-corrected chi connectivity index (χ3v) is 6.38. The van der Waals surface area contributed by atoms with E-state index in [1.807, 2.05) is 15.6 Å². The van der Waals surface area contributed by atoms with Crippen LogP contribution in [-0.4, -0.2) is 53.4 Å². The predicted molar refractivity (Wildman–Crippen MR) is 113 cm³/mol. The molecule has 1 atom stereocenters. The number of amides is 1. The topological polar surface area (TPSA) is 81.7 Å². The van der Waals surface area contributed by atoms with E-state index in [9.17, 15) is 4.79 Å². The molecular weight excluding hydrogens is 378 g/mol. The van der Waals surface area contributed by atoms with Crippen LogP contribution >= 0.6 is 0 Å². The fraction of sp³-hybridized carbons (Fsp3) is 0.591. The van der Waals surface area contributed by atoms with Crippen LogP contribution in [0.15, 0.2) is 18.5 Å². The second-order valence-electron chi connectivity index (χ2n) is 8.85. The zero-order chi connectivity index (χ0) is 20.7. The molecule has 3 aromatic heterocycles. The number of aromatic nitrogens is 6. The number of rotatable bonds is 3. The Morgan fingerprint density at radius 2 is 2.00 bits per heavy atom. The van der Waals surface area contributed by atoms with Crippen molar-refractivity contribution in [2.45, 2.75) is 70.9 Å². The average Bonchev–Trinajstić information content (AvgIpc) is 3.30. The highest BCUT2D eigenvalue weighted by Crippen LogP contribution is 2.29. The van der Waals surface area contributed by atoms with Crippen molar-refractivity contribution in [2.75, 3.05) is 13.1 Å². The molecule has 0 aliphatic carbocycles. The van der Waals surface area contributed by atoms with Gasteiger partial charge >= 0.3 is 0 Å². The van der Waals surface area contributed by atoms with Gasteiger partial charge in [0.15, 0.2) is 5.65 Å². The summed E-state index contributed by atoms with van der Waals surface area (Å²) in [4.78, 5) is 19.8. The molecule has 2 aliphatic heterocycles. The molecule has 3 aromatic rings. The van der Waals surface area contributed by atoms with Crippen LogP contribution in [0.4, 0.5) is 0 Å². The van der Waals surface area contributed by atoms with Crippen LogP contribution in [0.2, 0.25) is 0 Å². The van der Waals surface area contributed by atoms with E-state index < -0.39 is 0 Å². The second-order valence-corrected chi connectivity index (χ2v) is 8.85. The number of pyridine rings is 1. The van der Waals surface area contributed by atoms with E-state index in [0.717, 1.165) is 55.0 Å². The van der Waals surface area contributed by atoms with Gasteiger partial charge in [-0.15, -0.1) is 10.2 Å². The standard InChI is InChI=1S/C22H29N7O/c1-15(2)29-20-17(13-24-29)11-18(12-23-20)22(30)27-9-6-7-16(14-27)21-26-25-19-8-4-3-5-10-28(19)21/h11-13,15-16H,3-10,14H2,1-2H3. The number of fused-ring (bicyclic) bond motifs is 2. The molecule has 2 aliphatic rings. The summed E-state index contributed by atoms with van der Waals surface area (Å²) in [6.07, 6.45) is 10.2. The third-order valence-electron chi connectivity index (χ3n) is 6.38. The largest absolute Gasteiger partial charge is 0.338 e. The molecule has 30 heavy (non-hydrogen) atoms. The molecule has 8 heteroatoms. The summed E-state index contributed by atoms with van der Waals surface area (Å²) in [7, 11) is 0. The van der Waals surface area contributed by atoms with Gasteiger partial charge in [0, 0.05) is 49.6 Å². The average molecular weight is 408 g/mol. The fourth-order valence-corrected chi connectivity index (χ4v) is 4.80. The number of aryl methyl sites for hydroxylation is 1. The smallest absolute Gasteiger partial charge is 0.255 e. The molecule has 1 amide bonds. The Balaban J connectivity index is 1.37. The Morgan fingerprint density at radius 1 is 1.10 bits per heavy atom. The summed E-state index contributed by atoms with van der Waals surface area (Å²) in [5, 5.41) is 14.3. The van der Waals surface area contributed by atoms with E-state index in [0.29, 0.717) is 12.1 Å². The molecule has 1 unspecified atom stereocenters. The minimum Gasteiger partial charge on any atom is -0.338 e. The normalized spacial score (nSPS) is 19.8. The van der Waals surface area contributed by atoms with Crippen molar-refractivity contribution < 1.29 is 4.79 Å². The van der Waals surface area contributed by atoms with Gasteiger partial charge in [-0.1, -0.05) is 6.42 Å². The lowest BCUT2D eigenvalue weighted by Gasteiger charge is -2.32. The van der Waals surface area contributed by atoms with Crippen molar-refractivity contribution in [3.8, 4) is 0 Å². The van der Waals surface area contributed by atoms with Crippen LogP contribution in [0.5, 0.6) is 0 Å². The van der Waals surface area contributed by atoms with E-state index in [4.69, 9.17) is 0 Å². The van der Waals surface area contributed by atoms with Crippen LogP contribution in [0.25, 0.3) is 11.0 Å². The highest BCUT2D eigenvalue weighted by molar-refractivity contribution is 5.96. The van der Waals surface area contributed by atoms with Crippen LogP contribution in [0, 0.1) is 0 Å². The lowest BCUT2D eigenvalue weighted by molar-refractivity contribution is 0.0703. The predicted octanol–water partition coefficient (Wildman–Crippen LogP) is 3.35. The quantitative estimate of drug-likeness (QED) is 0.665. The summed E-state index contributed by atoms with van der Waals surface area (Å²) in [6, 6.07) is 2.15. The molecule has 158 valence electrons. The first-order valence-corrected chi connectivity index (χ1v) is 11.2. The molecule has 0 aromatic carbocycles. The Labute approximate surface area is 176 Å². The Hall–Kier alpha value is -2.77. The van der Waals surface area contributed by atoms with Gasteiger partial charge in [-0.2, -0.15) is 5.10 Å². The summed E-state index contributed by atoms with van der Waals surface area (Å²) in [5.74, 6) is 2.48. The van der Waals surface area contributed by atoms with Crippen LogP contribution in [0.1, 0.15) is 79.9 Å². The fourth-order valence-electron chi connectivity index (χ4n) is 4.80. The number of hydrogen-bond acceptors (Lipinski definition) is 5. The summed E-state index contributed by atoms with van der Waals surface area (Å²) in [6.45, 7) is 6.63. The summed E-state index contributed by atoms with van der Waals surface area (Å²) < 4.78 is 4.21.